The van der Waals surface area contributed by atoms with Gasteiger partial charge in [0.25, 0.3) is 5.91 Å². The SMILES string of the molecule is CCOC(=O)C1CCCN(C(=O)c2ccc(C)c(S(=O)(=O)N3CCCCC3)c2)C1. The molecule has 2 fully saturated rings. The minimum absolute atomic E-state index is 0.198. The van der Waals surface area contributed by atoms with E-state index in [0.717, 1.165) is 25.7 Å². The van der Waals surface area contributed by atoms with Crippen molar-refractivity contribution in [3.05, 3.63) is 29.3 Å². The molecule has 0 radical (unpaired) electrons. The Morgan fingerprint density at radius 1 is 1.10 bits per heavy atom. The Morgan fingerprint density at radius 3 is 2.52 bits per heavy atom. The first-order valence-electron chi connectivity index (χ1n) is 10.4. The number of esters is 1. The second kappa shape index (κ2) is 9.26. The summed E-state index contributed by atoms with van der Waals surface area (Å²) in [6.45, 7) is 5.74. The topological polar surface area (TPSA) is 84.0 Å². The Hall–Kier alpha value is -1.93. The molecule has 1 aromatic rings. The Labute approximate surface area is 173 Å². The Balaban J connectivity index is 1.81. The molecule has 2 aliphatic heterocycles. The third-order valence-electron chi connectivity index (χ3n) is 5.70. The molecule has 0 spiro atoms. The van der Waals surface area contributed by atoms with E-state index in [9.17, 15) is 18.0 Å². The summed E-state index contributed by atoms with van der Waals surface area (Å²) in [4.78, 5) is 27.0. The number of nitrogens with zero attached hydrogens (tertiary/aromatic N) is 2. The van der Waals surface area contributed by atoms with E-state index in [0.29, 0.717) is 50.3 Å². The summed E-state index contributed by atoms with van der Waals surface area (Å²) in [5.74, 6) is -0.842. The molecule has 160 valence electrons. The van der Waals surface area contributed by atoms with Gasteiger partial charge in [0, 0.05) is 31.7 Å². The van der Waals surface area contributed by atoms with Gasteiger partial charge in [0.1, 0.15) is 0 Å². The number of piperidine rings is 2. The van der Waals surface area contributed by atoms with Gasteiger partial charge in [-0.05, 0) is 57.2 Å². The molecule has 0 bridgehead atoms. The van der Waals surface area contributed by atoms with E-state index >= 15 is 0 Å². The van der Waals surface area contributed by atoms with Gasteiger partial charge in [0.2, 0.25) is 10.0 Å². The molecular formula is C21H30N2O5S. The molecule has 2 aliphatic rings. The van der Waals surface area contributed by atoms with E-state index in [1.165, 1.54) is 10.4 Å². The van der Waals surface area contributed by atoms with Crippen LogP contribution >= 0.6 is 0 Å². The van der Waals surface area contributed by atoms with Crippen molar-refractivity contribution in [3.8, 4) is 0 Å². The fraction of sp³-hybridized carbons (Fsp3) is 0.619. The van der Waals surface area contributed by atoms with Crippen molar-refractivity contribution in [2.24, 2.45) is 5.92 Å². The lowest BCUT2D eigenvalue weighted by molar-refractivity contribution is -0.149. The highest BCUT2D eigenvalue weighted by atomic mass is 32.2. The Bertz CT molecular complexity index is 862. The predicted octanol–water partition coefficient (Wildman–Crippen LogP) is 2.58. The van der Waals surface area contributed by atoms with Crippen molar-refractivity contribution < 1.29 is 22.7 Å². The highest BCUT2D eigenvalue weighted by Crippen LogP contribution is 2.26. The monoisotopic (exact) mass is 422 g/mol. The van der Waals surface area contributed by atoms with Crippen LogP contribution in [-0.4, -0.2) is 62.3 Å². The fourth-order valence-electron chi connectivity index (χ4n) is 4.05. The van der Waals surface area contributed by atoms with Gasteiger partial charge in [-0.3, -0.25) is 9.59 Å². The van der Waals surface area contributed by atoms with Crippen LogP contribution in [0, 0.1) is 12.8 Å². The van der Waals surface area contributed by atoms with Gasteiger partial charge in [-0.1, -0.05) is 12.5 Å². The van der Waals surface area contributed by atoms with E-state index in [1.807, 2.05) is 0 Å². The zero-order valence-electron chi connectivity index (χ0n) is 17.2. The smallest absolute Gasteiger partial charge is 0.310 e. The van der Waals surface area contributed by atoms with Crippen LogP contribution < -0.4 is 0 Å². The number of hydrogen-bond donors (Lipinski definition) is 0. The third kappa shape index (κ3) is 4.80. The number of ether oxygens (including phenoxy) is 1. The van der Waals surface area contributed by atoms with Crippen molar-refractivity contribution in [3.63, 3.8) is 0 Å². The number of rotatable bonds is 5. The van der Waals surface area contributed by atoms with E-state index in [1.54, 1.807) is 30.9 Å². The van der Waals surface area contributed by atoms with Crippen molar-refractivity contribution in [1.82, 2.24) is 9.21 Å². The molecule has 0 aromatic heterocycles. The zero-order valence-corrected chi connectivity index (χ0v) is 18.0. The van der Waals surface area contributed by atoms with Crippen LogP contribution in [-0.2, 0) is 19.6 Å². The minimum Gasteiger partial charge on any atom is -0.466 e. The van der Waals surface area contributed by atoms with Crippen LogP contribution in [0.2, 0.25) is 0 Å². The van der Waals surface area contributed by atoms with Crippen LogP contribution in [0.25, 0.3) is 0 Å². The molecule has 1 atom stereocenters. The third-order valence-corrected chi connectivity index (χ3v) is 7.74. The number of sulfonamides is 1. The van der Waals surface area contributed by atoms with Crippen LogP contribution in [0.5, 0.6) is 0 Å². The maximum atomic E-state index is 13.1. The predicted molar refractivity (Wildman–Crippen MR) is 109 cm³/mol. The number of amides is 1. The molecule has 8 heteroatoms. The van der Waals surface area contributed by atoms with Gasteiger partial charge in [-0.2, -0.15) is 4.31 Å². The van der Waals surface area contributed by atoms with Gasteiger partial charge < -0.3 is 9.64 Å². The van der Waals surface area contributed by atoms with Gasteiger partial charge in [-0.15, -0.1) is 0 Å². The zero-order chi connectivity index (χ0) is 21.0. The van der Waals surface area contributed by atoms with Crippen LogP contribution in [0.4, 0.5) is 0 Å². The number of benzene rings is 1. The van der Waals surface area contributed by atoms with Gasteiger partial charge in [-0.25, -0.2) is 8.42 Å². The average molecular weight is 423 g/mol. The van der Waals surface area contributed by atoms with Crippen LogP contribution in [0.1, 0.15) is 54.9 Å². The summed E-state index contributed by atoms with van der Waals surface area (Å²) in [6.07, 6.45) is 4.19. The maximum absolute atomic E-state index is 13.1. The quantitative estimate of drug-likeness (QED) is 0.681. The van der Waals surface area contributed by atoms with Crippen molar-refractivity contribution in [2.45, 2.75) is 50.8 Å². The first-order chi connectivity index (χ1) is 13.8. The van der Waals surface area contributed by atoms with Crippen molar-refractivity contribution in [1.29, 1.82) is 0 Å². The number of carbonyl (C=O) groups is 2. The van der Waals surface area contributed by atoms with E-state index in [-0.39, 0.29) is 22.7 Å². The number of aryl methyl sites for hydroxylation is 1. The van der Waals surface area contributed by atoms with Gasteiger partial charge in [0.05, 0.1) is 17.4 Å². The maximum Gasteiger partial charge on any atom is 0.310 e. The number of hydrogen-bond acceptors (Lipinski definition) is 5. The number of carbonyl (C=O) groups excluding carboxylic acids is 2. The molecular weight excluding hydrogens is 392 g/mol. The second-order valence-corrected chi connectivity index (χ2v) is 9.69. The first kappa shape index (κ1) is 21.8. The molecule has 2 saturated heterocycles. The largest absolute Gasteiger partial charge is 0.466 e. The summed E-state index contributed by atoms with van der Waals surface area (Å²) in [6, 6.07) is 4.85. The molecule has 0 aliphatic carbocycles. The second-order valence-electron chi connectivity index (χ2n) is 7.79. The lowest BCUT2D eigenvalue weighted by Gasteiger charge is -2.32. The van der Waals surface area contributed by atoms with E-state index in [2.05, 4.69) is 0 Å². The molecule has 2 heterocycles. The highest BCUT2D eigenvalue weighted by Gasteiger charge is 2.32. The average Bonchev–Trinajstić information content (AvgIpc) is 2.74. The van der Waals surface area contributed by atoms with Crippen molar-refractivity contribution >= 4 is 21.9 Å². The molecule has 1 aromatic carbocycles. The van der Waals surface area contributed by atoms with Crippen LogP contribution in [0.15, 0.2) is 23.1 Å². The lowest BCUT2D eigenvalue weighted by Crippen LogP contribution is -2.43. The molecule has 7 nitrogen and oxygen atoms in total. The molecule has 29 heavy (non-hydrogen) atoms. The normalized spacial score (nSPS) is 21.0. The summed E-state index contributed by atoms with van der Waals surface area (Å²) in [5.41, 5.74) is 0.978. The first-order valence-corrected chi connectivity index (χ1v) is 11.8. The summed E-state index contributed by atoms with van der Waals surface area (Å²) >= 11 is 0. The molecule has 3 rings (SSSR count). The van der Waals surface area contributed by atoms with E-state index < -0.39 is 10.0 Å². The standard InChI is InChI=1S/C21H30N2O5S/c1-3-28-21(25)18-8-7-11-22(15-18)20(24)17-10-9-16(2)19(14-17)29(26,27)23-12-5-4-6-13-23/h9-10,14,18H,3-8,11-13,15H2,1-2H3. The Morgan fingerprint density at radius 2 is 1.83 bits per heavy atom. The molecule has 0 saturated carbocycles. The van der Waals surface area contributed by atoms with Gasteiger partial charge >= 0.3 is 5.97 Å². The number of likely N-dealkylation sites (tertiary alicyclic amines) is 1. The summed E-state index contributed by atoms with van der Waals surface area (Å²) in [7, 11) is -3.62. The minimum atomic E-state index is -3.62. The summed E-state index contributed by atoms with van der Waals surface area (Å²) < 4.78 is 32.8. The molecule has 1 unspecified atom stereocenters. The molecule has 0 N–H and O–H groups in total. The molecule has 1 amide bonds. The fourth-order valence-corrected chi connectivity index (χ4v) is 5.82. The summed E-state index contributed by atoms with van der Waals surface area (Å²) in [5, 5.41) is 0. The van der Waals surface area contributed by atoms with Crippen molar-refractivity contribution in [2.75, 3.05) is 32.8 Å². The van der Waals surface area contributed by atoms with E-state index in [4.69, 9.17) is 4.74 Å². The van der Waals surface area contributed by atoms with Crippen LogP contribution in [0.3, 0.4) is 0 Å². The Kier molecular flexibility index (Phi) is 6.95. The lowest BCUT2D eigenvalue weighted by atomic mass is 9.97. The highest BCUT2D eigenvalue weighted by molar-refractivity contribution is 7.89. The van der Waals surface area contributed by atoms with Gasteiger partial charge in [0.15, 0.2) is 0 Å².